The van der Waals surface area contributed by atoms with E-state index in [4.69, 9.17) is 4.74 Å². The van der Waals surface area contributed by atoms with Gasteiger partial charge >= 0.3 is 0 Å². The Labute approximate surface area is 106 Å². The number of ether oxygens (including phenoxy) is 1. The van der Waals surface area contributed by atoms with Crippen molar-refractivity contribution in [2.45, 2.75) is 13.0 Å². The van der Waals surface area contributed by atoms with E-state index in [1.165, 1.54) is 6.07 Å². The molecule has 5 heteroatoms. The van der Waals surface area contributed by atoms with Gasteiger partial charge in [0, 0.05) is 6.04 Å². The maximum Gasteiger partial charge on any atom is 0.231 e. The molecule has 2 atom stereocenters. The fraction of sp³-hybridized carbons (Fsp3) is 0.462. The second-order valence-electron chi connectivity index (χ2n) is 4.28. The lowest BCUT2D eigenvalue weighted by molar-refractivity contribution is -0.120. The molecule has 1 aliphatic rings. The van der Waals surface area contributed by atoms with E-state index in [0.717, 1.165) is 6.54 Å². The molecule has 1 aromatic rings. The monoisotopic (exact) mass is 252 g/mol. The Balaban J connectivity index is 2.01. The zero-order chi connectivity index (χ0) is 13.0. The minimum absolute atomic E-state index is 0.00164. The van der Waals surface area contributed by atoms with E-state index in [9.17, 15) is 9.18 Å². The van der Waals surface area contributed by atoms with Crippen LogP contribution in [0.3, 0.4) is 0 Å². The number of amides is 1. The third-order valence-electron chi connectivity index (χ3n) is 3.02. The van der Waals surface area contributed by atoms with Crippen molar-refractivity contribution in [1.82, 2.24) is 5.32 Å². The maximum absolute atomic E-state index is 13.4. The second-order valence-corrected chi connectivity index (χ2v) is 4.28. The SMILES string of the molecule is CCNC1COCC1C(=O)Nc1ccccc1F. The van der Waals surface area contributed by atoms with Crippen molar-refractivity contribution in [3.63, 3.8) is 0 Å². The lowest BCUT2D eigenvalue weighted by atomic mass is 10.0. The van der Waals surface area contributed by atoms with Gasteiger partial charge in [-0.25, -0.2) is 4.39 Å². The van der Waals surface area contributed by atoms with E-state index in [0.29, 0.717) is 13.2 Å². The van der Waals surface area contributed by atoms with Gasteiger partial charge in [0.1, 0.15) is 5.82 Å². The van der Waals surface area contributed by atoms with E-state index in [1.807, 2.05) is 6.92 Å². The molecule has 98 valence electrons. The van der Waals surface area contributed by atoms with Crippen LogP contribution < -0.4 is 10.6 Å². The van der Waals surface area contributed by atoms with Crippen LogP contribution in [-0.4, -0.2) is 31.7 Å². The van der Waals surface area contributed by atoms with E-state index in [-0.39, 0.29) is 23.6 Å². The van der Waals surface area contributed by atoms with Crippen LogP contribution in [0.4, 0.5) is 10.1 Å². The van der Waals surface area contributed by atoms with Gasteiger partial charge in [-0.05, 0) is 18.7 Å². The molecule has 1 saturated heterocycles. The minimum atomic E-state index is -0.426. The van der Waals surface area contributed by atoms with Gasteiger partial charge in [-0.3, -0.25) is 4.79 Å². The lowest BCUT2D eigenvalue weighted by Crippen LogP contribution is -2.41. The number of halogens is 1. The molecular formula is C13H17FN2O2. The summed E-state index contributed by atoms with van der Waals surface area (Å²) in [6, 6.07) is 6.15. The Morgan fingerprint density at radius 3 is 2.94 bits per heavy atom. The Morgan fingerprint density at radius 1 is 1.44 bits per heavy atom. The lowest BCUT2D eigenvalue weighted by Gasteiger charge is -2.17. The molecule has 0 bridgehead atoms. The Hall–Kier alpha value is -1.46. The quantitative estimate of drug-likeness (QED) is 0.851. The normalized spacial score (nSPS) is 23.0. The molecule has 1 aromatic carbocycles. The van der Waals surface area contributed by atoms with Gasteiger partial charge in [0.15, 0.2) is 0 Å². The van der Waals surface area contributed by atoms with Gasteiger partial charge in [0.25, 0.3) is 0 Å². The zero-order valence-electron chi connectivity index (χ0n) is 10.3. The molecule has 0 saturated carbocycles. The second kappa shape index (κ2) is 5.93. The summed E-state index contributed by atoms with van der Waals surface area (Å²) in [5.74, 6) is -0.905. The Bertz CT molecular complexity index is 425. The molecule has 0 spiro atoms. The number of carbonyl (C=O) groups excluding carboxylic acids is 1. The predicted octanol–water partition coefficient (Wildman–Crippen LogP) is 1.39. The molecule has 1 fully saturated rings. The highest BCUT2D eigenvalue weighted by Crippen LogP contribution is 2.18. The topological polar surface area (TPSA) is 50.4 Å². The average molecular weight is 252 g/mol. The number of para-hydroxylation sites is 1. The molecule has 0 aliphatic carbocycles. The summed E-state index contributed by atoms with van der Waals surface area (Å²) in [7, 11) is 0. The summed E-state index contributed by atoms with van der Waals surface area (Å²) in [6.07, 6.45) is 0. The van der Waals surface area contributed by atoms with Crippen LogP contribution in [-0.2, 0) is 9.53 Å². The van der Waals surface area contributed by atoms with Gasteiger partial charge in [0.05, 0.1) is 24.8 Å². The van der Waals surface area contributed by atoms with E-state index in [2.05, 4.69) is 10.6 Å². The fourth-order valence-electron chi connectivity index (χ4n) is 2.06. The smallest absolute Gasteiger partial charge is 0.231 e. The highest BCUT2D eigenvalue weighted by molar-refractivity contribution is 5.93. The van der Waals surface area contributed by atoms with Gasteiger partial charge in [-0.1, -0.05) is 19.1 Å². The summed E-state index contributed by atoms with van der Waals surface area (Å²) < 4.78 is 18.7. The summed E-state index contributed by atoms with van der Waals surface area (Å²) in [4.78, 5) is 12.1. The molecule has 0 radical (unpaired) electrons. The van der Waals surface area contributed by atoms with Crippen molar-refractivity contribution in [2.24, 2.45) is 5.92 Å². The van der Waals surface area contributed by atoms with Crippen molar-refractivity contribution in [3.8, 4) is 0 Å². The average Bonchev–Trinajstić information content (AvgIpc) is 2.81. The van der Waals surface area contributed by atoms with Crippen molar-refractivity contribution in [3.05, 3.63) is 30.1 Å². The van der Waals surface area contributed by atoms with Crippen LogP contribution in [0.1, 0.15) is 6.92 Å². The molecule has 4 nitrogen and oxygen atoms in total. The number of hydrogen-bond donors (Lipinski definition) is 2. The van der Waals surface area contributed by atoms with Crippen LogP contribution in [0.25, 0.3) is 0 Å². The van der Waals surface area contributed by atoms with Gasteiger partial charge in [-0.15, -0.1) is 0 Å². The van der Waals surface area contributed by atoms with Crippen molar-refractivity contribution < 1.29 is 13.9 Å². The van der Waals surface area contributed by atoms with Crippen molar-refractivity contribution >= 4 is 11.6 Å². The van der Waals surface area contributed by atoms with Gasteiger partial charge < -0.3 is 15.4 Å². The van der Waals surface area contributed by atoms with E-state index >= 15 is 0 Å². The zero-order valence-corrected chi connectivity index (χ0v) is 10.3. The van der Waals surface area contributed by atoms with Crippen LogP contribution in [0.2, 0.25) is 0 Å². The summed E-state index contributed by atoms with van der Waals surface area (Å²) in [5.41, 5.74) is 0.213. The van der Waals surface area contributed by atoms with Crippen LogP contribution in [0.5, 0.6) is 0 Å². The number of carbonyl (C=O) groups is 1. The van der Waals surface area contributed by atoms with E-state index < -0.39 is 5.82 Å². The minimum Gasteiger partial charge on any atom is -0.379 e. The number of anilines is 1. The third-order valence-corrected chi connectivity index (χ3v) is 3.02. The van der Waals surface area contributed by atoms with Gasteiger partial charge in [0.2, 0.25) is 5.91 Å². The molecular weight excluding hydrogens is 235 g/mol. The fourth-order valence-corrected chi connectivity index (χ4v) is 2.06. The first-order valence-corrected chi connectivity index (χ1v) is 6.09. The Morgan fingerprint density at radius 2 is 2.22 bits per heavy atom. The Kier molecular flexibility index (Phi) is 4.28. The number of likely N-dealkylation sites (N-methyl/N-ethyl adjacent to an activating group) is 1. The highest BCUT2D eigenvalue weighted by Gasteiger charge is 2.33. The number of benzene rings is 1. The highest BCUT2D eigenvalue weighted by atomic mass is 19.1. The van der Waals surface area contributed by atoms with E-state index in [1.54, 1.807) is 18.2 Å². The molecule has 1 amide bonds. The molecule has 2 unspecified atom stereocenters. The molecule has 18 heavy (non-hydrogen) atoms. The summed E-state index contributed by atoms with van der Waals surface area (Å²) >= 11 is 0. The molecule has 2 N–H and O–H groups in total. The number of rotatable bonds is 4. The number of nitrogens with one attached hydrogen (secondary N) is 2. The first-order chi connectivity index (χ1) is 8.72. The molecule has 0 aromatic heterocycles. The van der Waals surface area contributed by atoms with Crippen molar-refractivity contribution in [2.75, 3.05) is 25.1 Å². The predicted molar refractivity (Wildman–Crippen MR) is 66.8 cm³/mol. The third kappa shape index (κ3) is 2.86. The maximum atomic E-state index is 13.4. The van der Waals surface area contributed by atoms with Crippen LogP contribution >= 0.6 is 0 Å². The van der Waals surface area contributed by atoms with Crippen LogP contribution in [0.15, 0.2) is 24.3 Å². The molecule has 1 heterocycles. The summed E-state index contributed by atoms with van der Waals surface area (Å²) in [6.45, 7) is 3.64. The van der Waals surface area contributed by atoms with Gasteiger partial charge in [-0.2, -0.15) is 0 Å². The number of hydrogen-bond acceptors (Lipinski definition) is 3. The van der Waals surface area contributed by atoms with Crippen molar-refractivity contribution in [1.29, 1.82) is 0 Å². The first kappa shape index (κ1) is 13.0. The summed E-state index contributed by atoms with van der Waals surface area (Å²) in [5, 5.41) is 5.80. The van der Waals surface area contributed by atoms with Crippen LogP contribution in [0, 0.1) is 11.7 Å². The molecule has 2 rings (SSSR count). The standard InChI is InChI=1S/C13H17FN2O2/c1-2-15-12-8-18-7-9(12)13(17)16-11-6-4-3-5-10(11)14/h3-6,9,12,15H,2,7-8H2,1H3,(H,16,17). The first-order valence-electron chi connectivity index (χ1n) is 6.09. The largest absolute Gasteiger partial charge is 0.379 e. The molecule has 1 aliphatic heterocycles.